The molecular weight excluding hydrogens is 218 g/mol. The van der Waals surface area contributed by atoms with Crippen molar-refractivity contribution in [3.05, 3.63) is 23.9 Å². The van der Waals surface area contributed by atoms with Crippen LogP contribution in [0.4, 0.5) is 0 Å². The van der Waals surface area contributed by atoms with E-state index < -0.39 is 0 Å². The lowest BCUT2D eigenvalue weighted by Crippen LogP contribution is -2.40. The van der Waals surface area contributed by atoms with Gasteiger partial charge in [-0.25, -0.2) is 4.98 Å². The van der Waals surface area contributed by atoms with E-state index in [-0.39, 0.29) is 29.4 Å². The summed E-state index contributed by atoms with van der Waals surface area (Å²) in [7, 11) is 0. The zero-order valence-electron chi connectivity index (χ0n) is 9.60. The summed E-state index contributed by atoms with van der Waals surface area (Å²) >= 11 is 0. The summed E-state index contributed by atoms with van der Waals surface area (Å²) in [6.45, 7) is 0. The Hall–Kier alpha value is -1.62. The molecule has 0 radical (unpaired) electrons. The highest BCUT2D eigenvalue weighted by atomic mass is 16.3. The molecule has 0 unspecified atom stereocenters. The maximum absolute atomic E-state index is 11.9. The molecule has 1 amide bonds. The van der Waals surface area contributed by atoms with Gasteiger partial charge in [0.2, 0.25) is 5.88 Å². The molecule has 0 atom stereocenters. The van der Waals surface area contributed by atoms with Crippen LogP contribution in [0, 0.1) is 0 Å². The van der Waals surface area contributed by atoms with Gasteiger partial charge in [-0.1, -0.05) is 0 Å². The van der Waals surface area contributed by atoms with Gasteiger partial charge >= 0.3 is 0 Å². The van der Waals surface area contributed by atoms with Gasteiger partial charge in [0.05, 0.1) is 0 Å². The molecule has 1 aromatic heterocycles. The molecule has 2 rings (SSSR count). The van der Waals surface area contributed by atoms with Gasteiger partial charge in [0.25, 0.3) is 5.91 Å². The number of nitrogens with one attached hydrogen (secondary N) is 1. The van der Waals surface area contributed by atoms with Crippen molar-refractivity contribution in [2.75, 3.05) is 0 Å². The molecule has 1 aromatic rings. The molecule has 0 aromatic carbocycles. The summed E-state index contributed by atoms with van der Waals surface area (Å²) in [4.78, 5) is 15.6. The standard InChI is InChI=1S/C12H17N3O2/c13-8-3-5-9(6-4-8)15-12(17)10-2-1-7-14-11(10)16/h1-2,7-9H,3-6,13H2,(H,14,16)(H,15,17)/t8-,9-. The fraction of sp³-hybridized carbons (Fsp3) is 0.500. The van der Waals surface area contributed by atoms with Gasteiger partial charge < -0.3 is 16.2 Å². The van der Waals surface area contributed by atoms with Gasteiger partial charge in [-0.3, -0.25) is 4.79 Å². The number of amides is 1. The number of hydrogen-bond acceptors (Lipinski definition) is 4. The van der Waals surface area contributed by atoms with Crippen molar-refractivity contribution in [2.24, 2.45) is 5.73 Å². The third kappa shape index (κ3) is 2.94. The number of nitrogens with zero attached hydrogens (tertiary/aromatic N) is 1. The van der Waals surface area contributed by atoms with Gasteiger partial charge in [0, 0.05) is 18.3 Å². The minimum absolute atomic E-state index is 0.155. The minimum Gasteiger partial charge on any atom is -0.493 e. The van der Waals surface area contributed by atoms with Crippen molar-refractivity contribution in [1.29, 1.82) is 0 Å². The fourth-order valence-electron chi connectivity index (χ4n) is 2.10. The lowest BCUT2D eigenvalue weighted by Gasteiger charge is -2.26. The predicted octanol–water partition coefficient (Wildman–Crippen LogP) is 0.787. The van der Waals surface area contributed by atoms with Crippen LogP contribution < -0.4 is 11.1 Å². The topological polar surface area (TPSA) is 88.2 Å². The zero-order chi connectivity index (χ0) is 12.3. The summed E-state index contributed by atoms with van der Waals surface area (Å²) in [5.41, 5.74) is 6.02. The van der Waals surface area contributed by atoms with Gasteiger partial charge in [0.15, 0.2) is 0 Å². The normalized spacial score (nSPS) is 24.3. The first-order valence-electron chi connectivity index (χ1n) is 5.87. The molecule has 0 saturated heterocycles. The van der Waals surface area contributed by atoms with E-state index in [4.69, 9.17) is 5.73 Å². The molecule has 0 aliphatic heterocycles. The first-order valence-corrected chi connectivity index (χ1v) is 5.87. The number of rotatable bonds is 2. The molecule has 1 aliphatic rings. The van der Waals surface area contributed by atoms with Crippen LogP contribution in [-0.2, 0) is 0 Å². The largest absolute Gasteiger partial charge is 0.493 e. The van der Waals surface area contributed by atoms with Crippen LogP contribution in [0.5, 0.6) is 5.88 Å². The van der Waals surface area contributed by atoms with Crippen LogP contribution in [0.25, 0.3) is 0 Å². The van der Waals surface area contributed by atoms with Gasteiger partial charge in [-0.05, 0) is 37.8 Å². The number of hydrogen-bond donors (Lipinski definition) is 3. The van der Waals surface area contributed by atoms with Crippen molar-refractivity contribution in [3.63, 3.8) is 0 Å². The van der Waals surface area contributed by atoms with Crippen molar-refractivity contribution in [2.45, 2.75) is 37.8 Å². The highest BCUT2D eigenvalue weighted by molar-refractivity contribution is 5.96. The van der Waals surface area contributed by atoms with Gasteiger partial charge in [-0.2, -0.15) is 0 Å². The Bertz CT molecular complexity index is 400. The van der Waals surface area contributed by atoms with Crippen LogP contribution in [0.15, 0.2) is 18.3 Å². The second-order valence-electron chi connectivity index (χ2n) is 4.46. The second-order valence-corrected chi connectivity index (χ2v) is 4.46. The van der Waals surface area contributed by atoms with Crippen LogP contribution in [0.3, 0.4) is 0 Å². The monoisotopic (exact) mass is 235 g/mol. The van der Waals surface area contributed by atoms with E-state index in [2.05, 4.69) is 10.3 Å². The Labute approximate surface area is 100 Å². The lowest BCUT2D eigenvalue weighted by molar-refractivity contribution is 0.0922. The number of aromatic nitrogens is 1. The summed E-state index contributed by atoms with van der Waals surface area (Å²) in [5, 5.41) is 12.4. The average Bonchev–Trinajstić information content (AvgIpc) is 2.32. The molecule has 5 nitrogen and oxygen atoms in total. The van der Waals surface area contributed by atoms with E-state index in [0.29, 0.717) is 0 Å². The second kappa shape index (κ2) is 5.14. The van der Waals surface area contributed by atoms with E-state index in [1.54, 1.807) is 12.1 Å². The first-order chi connectivity index (χ1) is 8.16. The summed E-state index contributed by atoms with van der Waals surface area (Å²) in [6.07, 6.45) is 5.11. The average molecular weight is 235 g/mol. The quantitative estimate of drug-likeness (QED) is 0.707. The van der Waals surface area contributed by atoms with Crippen molar-refractivity contribution >= 4 is 5.91 Å². The third-order valence-electron chi connectivity index (χ3n) is 3.14. The molecule has 1 fully saturated rings. The third-order valence-corrected chi connectivity index (χ3v) is 3.14. The lowest BCUT2D eigenvalue weighted by atomic mass is 9.91. The molecule has 5 heteroatoms. The Morgan fingerprint density at radius 1 is 1.41 bits per heavy atom. The highest BCUT2D eigenvalue weighted by Crippen LogP contribution is 2.18. The minimum atomic E-state index is -0.268. The molecule has 1 heterocycles. The van der Waals surface area contributed by atoms with Crippen molar-refractivity contribution in [3.8, 4) is 5.88 Å². The summed E-state index contributed by atoms with van der Waals surface area (Å²) in [5.74, 6) is -0.492. The molecule has 0 bridgehead atoms. The fourth-order valence-corrected chi connectivity index (χ4v) is 2.10. The Kier molecular flexibility index (Phi) is 3.58. The molecule has 17 heavy (non-hydrogen) atoms. The molecule has 1 aliphatic carbocycles. The van der Waals surface area contributed by atoms with Crippen LogP contribution in [0.1, 0.15) is 36.0 Å². The summed E-state index contributed by atoms with van der Waals surface area (Å²) < 4.78 is 0. The van der Waals surface area contributed by atoms with E-state index >= 15 is 0 Å². The zero-order valence-corrected chi connectivity index (χ0v) is 9.60. The predicted molar refractivity (Wildman–Crippen MR) is 63.6 cm³/mol. The molecule has 1 saturated carbocycles. The van der Waals surface area contributed by atoms with E-state index in [0.717, 1.165) is 25.7 Å². The van der Waals surface area contributed by atoms with Crippen molar-refractivity contribution in [1.82, 2.24) is 10.3 Å². The van der Waals surface area contributed by atoms with Crippen LogP contribution in [-0.4, -0.2) is 28.1 Å². The first kappa shape index (κ1) is 11.9. The number of carbonyl (C=O) groups is 1. The van der Waals surface area contributed by atoms with E-state index in [9.17, 15) is 9.90 Å². The van der Waals surface area contributed by atoms with Gasteiger partial charge in [-0.15, -0.1) is 0 Å². The van der Waals surface area contributed by atoms with Crippen LogP contribution in [0.2, 0.25) is 0 Å². The number of nitrogens with two attached hydrogens (primary N) is 1. The van der Waals surface area contributed by atoms with Crippen molar-refractivity contribution < 1.29 is 9.90 Å². The number of pyridine rings is 1. The Balaban J connectivity index is 1.96. The smallest absolute Gasteiger partial charge is 0.256 e. The van der Waals surface area contributed by atoms with Gasteiger partial charge in [0.1, 0.15) is 5.56 Å². The molecular formula is C12H17N3O2. The maximum atomic E-state index is 11.9. The van der Waals surface area contributed by atoms with E-state index in [1.807, 2.05) is 0 Å². The number of aromatic hydroxyl groups is 1. The molecule has 4 N–H and O–H groups in total. The molecule has 0 spiro atoms. The summed E-state index contributed by atoms with van der Waals surface area (Å²) in [6, 6.07) is 3.61. The van der Waals surface area contributed by atoms with Crippen LogP contribution >= 0.6 is 0 Å². The highest BCUT2D eigenvalue weighted by Gasteiger charge is 2.21. The Morgan fingerprint density at radius 3 is 2.76 bits per heavy atom. The molecule has 92 valence electrons. The Morgan fingerprint density at radius 2 is 2.12 bits per heavy atom. The maximum Gasteiger partial charge on any atom is 0.256 e. The number of carbonyl (C=O) groups excluding carboxylic acids is 1. The van der Waals surface area contributed by atoms with E-state index in [1.165, 1.54) is 6.20 Å². The SMILES string of the molecule is N[C@H]1CC[C@H](NC(=O)c2cccnc2O)CC1.